The van der Waals surface area contributed by atoms with Crippen LogP contribution in [0.25, 0.3) is 0 Å². The minimum absolute atomic E-state index is 1.14. The van der Waals surface area contributed by atoms with Crippen molar-refractivity contribution in [2.45, 2.75) is 25.7 Å². The molecule has 14 heavy (non-hydrogen) atoms. The van der Waals surface area contributed by atoms with Crippen LogP contribution in [0.5, 0.6) is 0 Å². The Balaban J connectivity index is 2.46. The molecule has 0 N–H and O–H groups in total. The van der Waals surface area contributed by atoms with E-state index < -0.39 is 0 Å². The van der Waals surface area contributed by atoms with E-state index in [9.17, 15) is 0 Å². The van der Waals surface area contributed by atoms with Crippen LogP contribution in [-0.4, -0.2) is 0 Å². The van der Waals surface area contributed by atoms with Crippen LogP contribution in [0.3, 0.4) is 0 Å². The average molecular weight is 186 g/mol. The molecule has 0 aromatic carbocycles. The molecule has 0 saturated carbocycles. The fraction of sp³-hybridized carbons (Fsp3) is 0.286. The Morgan fingerprint density at radius 1 is 0.357 bits per heavy atom. The first-order valence-electron chi connectivity index (χ1n) is 5.30. The van der Waals surface area contributed by atoms with Gasteiger partial charge in [0.1, 0.15) is 0 Å². The highest BCUT2D eigenvalue weighted by Crippen LogP contribution is 1.98. The molecule has 1 rings (SSSR count). The second-order valence-electron chi connectivity index (χ2n) is 3.25. The van der Waals surface area contributed by atoms with Crippen LogP contribution in [0.2, 0.25) is 0 Å². The first kappa shape index (κ1) is 10.8. The summed E-state index contributed by atoms with van der Waals surface area (Å²) in [7, 11) is 0. The molecule has 0 amide bonds. The predicted molar refractivity (Wildman–Crippen MR) is 64.2 cm³/mol. The summed E-state index contributed by atoms with van der Waals surface area (Å²) in [6.45, 7) is 0. The van der Waals surface area contributed by atoms with Gasteiger partial charge in [0.05, 0.1) is 0 Å². The summed E-state index contributed by atoms with van der Waals surface area (Å²) < 4.78 is 0. The lowest BCUT2D eigenvalue weighted by molar-refractivity contribution is 1.00. The molecule has 0 aromatic heterocycles. The zero-order valence-corrected chi connectivity index (χ0v) is 8.60. The van der Waals surface area contributed by atoms with Crippen LogP contribution in [-0.2, 0) is 0 Å². The van der Waals surface area contributed by atoms with E-state index in [1.165, 1.54) is 0 Å². The standard InChI is InChI=1S/C14H18/c1-2-4-6-8-10-12-14-13-11-9-7-5-3-1/h1-8,13-14H,9-12H2/b3-1-,4-2+,7-5+,8-6-,14-13?. The van der Waals surface area contributed by atoms with E-state index in [1.807, 2.05) is 0 Å². The highest BCUT2D eigenvalue weighted by Gasteiger charge is 1.78. The summed E-state index contributed by atoms with van der Waals surface area (Å²) in [4.78, 5) is 0. The van der Waals surface area contributed by atoms with Crippen molar-refractivity contribution < 1.29 is 0 Å². The lowest BCUT2D eigenvalue weighted by Crippen LogP contribution is -1.68. The minimum atomic E-state index is 1.14. The number of allylic oxidation sites excluding steroid dienone is 10. The fourth-order valence-electron chi connectivity index (χ4n) is 1.23. The van der Waals surface area contributed by atoms with Gasteiger partial charge in [0.15, 0.2) is 0 Å². The second-order valence-corrected chi connectivity index (χ2v) is 3.25. The van der Waals surface area contributed by atoms with Crippen LogP contribution in [0.15, 0.2) is 60.8 Å². The maximum absolute atomic E-state index is 2.27. The summed E-state index contributed by atoms with van der Waals surface area (Å²) in [5, 5.41) is 0. The van der Waals surface area contributed by atoms with Gasteiger partial charge < -0.3 is 0 Å². The Morgan fingerprint density at radius 2 is 0.714 bits per heavy atom. The molecule has 0 saturated heterocycles. The predicted octanol–water partition coefficient (Wildman–Crippen LogP) is 4.34. The first-order chi connectivity index (χ1) is 7.00. The van der Waals surface area contributed by atoms with E-state index in [4.69, 9.17) is 0 Å². The Labute approximate surface area is 87.0 Å². The van der Waals surface area contributed by atoms with Gasteiger partial charge in [-0.3, -0.25) is 0 Å². The van der Waals surface area contributed by atoms with E-state index in [1.54, 1.807) is 0 Å². The van der Waals surface area contributed by atoms with Gasteiger partial charge >= 0.3 is 0 Å². The molecular formula is C14H18. The summed E-state index contributed by atoms with van der Waals surface area (Å²) in [6.07, 6.45) is 26.0. The molecule has 0 atom stereocenters. The van der Waals surface area contributed by atoms with Crippen LogP contribution in [0.4, 0.5) is 0 Å². The molecule has 0 fully saturated rings. The molecule has 0 radical (unpaired) electrons. The zero-order valence-electron chi connectivity index (χ0n) is 8.60. The average Bonchev–Trinajstić information content (AvgIpc) is 2.22. The van der Waals surface area contributed by atoms with Crippen molar-refractivity contribution in [2.24, 2.45) is 0 Å². The lowest BCUT2D eigenvalue weighted by atomic mass is 10.2. The molecule has 1 aliphatic rings. The summed E-state index contributed by atoms with van der Waals surface area (Å²) in [5.74, 6) is 0. The highest BCUT2D eigenvalue weighted by atomic mass is 13.8. The molecule has 0 heterocycles. The van der Waals surface area contributed by atoms with Crippen molar-refractivity contribution in [3.8, 4) is 0 Å². The molecule has 0 bridgehead atoms. The maximum Gasteiger partial charge on any atom is -0.0313 e. The van der Waals surface area contributed by atoms with Crippen LogP contribution >= 0.6 is 0 Å². The molecule has 74 valence electrons. The van der Waals surface area contributed by atoms with Crippen LogP contribution in [0.1, 0.15) is 25.7 Å². The van der Waals surface area contributed by atoms with Crippen LogP contribution < -0.4 is 0 Å². The molecule has 0 spiro atoms. The van der Waals surface area contributed by atoms with Crippen LogP contribution in [0, 0.1) is 0 Å². The molecule has 0 heteroatoms. The number of hydrogen-bond donors (Lipinski definition) is 0. The topological polar surface area (TPSA) is 0 Å². The first-order valence-corrected chi connectivity index (χ1v) is 5.30. The third-order valence-electron chi connectivity index (χ3n) is 1.99. The van der Waals surface area contributed by atoms with Gasteiger partial charge in [0.25, 0.3) is 0 Å². The quantitative estimate of drug-likeness (QED) is 0.494. The van der Waals surface area contributed by atoms with E-state index in [-0.39, 0.29) is 0 Å². The summed E-state index contributed by atoms with van der Waals surface area (Å²) >= 11 is 0. The van der Waals surface area contributed by atoms with Gasteiger partial charge in [0, 0.05) is 0 Å². The number of hydrogen-bond acceptors (Lipinski definition) is 0. The van der Waals surface area contributed by atoms with E-state index in [0.29, 0.717) is 0 Å². The smallest absolute Gasteiger partial charge is 0.0313 e. The van der Waals surface area contributed by atoms with Gasteiger partial charge in [-0.15, -0.1) is 0 Å². The molecular weight excluding hydrogens is 168 g/mol. The van der Waals surface area contributed by atoms with Crippen molar-refractivity contribution in [1.82, 2.24) is 0 Å². The van der Waals surface area contributed by atoms with E-state index in [2.05, 4.69) is 60.8 Å². The van der Waals surface area contributed by atoms with Gasteiger partial charge in [-0.2, -0.15) is 0 Å². The van der Waals surface area contributed by atoms with Crippen molar-refractivity contribution in [1.29, 1.82) is 0 Å². The van der Waals surface area contributed by atoms with Gasteiger partial charge in [-0.25, -0.2) is 0 Å². The molecule has 0 aliphatic heterocycles. The second kappa shape index (κ2) is 8.31. The Kier molecular flexibility index (Phi) is 6.39. The molecule has 0 aromatic rings. The molecule has 0 nitrogen and oxygen atoms in total. The fourth-order valence-corrected chi connectivity index (χ4v) is 1.23. The van der Waals surface area contributed by atoms with Gasteiger partial charge in [0.2, 0.25) is 0 Å². The van der Waals surface area contributed by atoms with E-state index >= 15 is 0 Å². The third kappa shape index (κ3) is 6.24. The normalized spacial score (nSPS) is 27.4. The van der Waals surface area contributed by atoms with E-state index in [0.717, 1.165) is 25.7 Å². The maximum atomic E-state index is 2.27. The Bertz CT molecular complexity index is 234. The molecule has 0 unspecified atom stereocenters. The van der Waals surface area contributed by atoms with Gasteiger partial charge in [-0.05, 0) is 25.7 Å². The largest absolute Gasteiger partial charge is 0.0882 e. The summed E-state index contributed by atoms with van der Waals surface area (Å²) in [6, 6.07) is 0. The highest BCUT2D eigenvalue weighted by molar-refractivity contribution is 5.15. The van der Waals surface area contributed by atoms with Crippen molar-refractivity contribution in [3.05, 3.63) is 60.8 Å². The molecule has 1 aliphatic carbocycles. The van der Waals surface area contributed by atoms with Crippen molar-refractivity contribution in [3.63, 3.8) is 0 Å². The third-order valence-corrected chi connectivity index (χ3v) is 1.99. The Morgan fingerprint density at radius 3 is 1.21 bits per heavy atom. The SMILES string of the molecule is C1=CCC/C=C/C=C\C=C\C=C/CC1. The minimum Gasteiger partial charge on any atom is -0.0882 e. The number of rotatable bonds is 0. The van der Waals surface area contributed by atoms with Crippen molar-refractivity contribution >= 4 is 0 Å². The Hall–Kier alpha value is -1.30. The lowest BCUT2D eigenvalue weighted by Gasteiger charge is -1.88. The monoisotopic (exact) mass is 186 g/mol. The van der Waals surface area contributed by atoms with Gasteiger partial charge in [-0.1, -0.05) is 60.8 Å². The summed E-state index contributed by atoms with van der Waals surface area (Å²) in [5.41, 5.74) is 0. The van der Waals surface area contributed by atoms with Crippen molar-refractivity contribution in [2.75, 3.05) is 0 Å². The zero-order chi connectivity index (χ0) is 9.90.